The fourth-order valence-electron chi connectivity index (χ4n) is 1.17. The van der Waals surface area contributed by atoms with Crippen molar-refractivity contribution in [2.45, 2.75) is 48.4 Å². The Hall–Kier alpha value is -1.80. The molecule has 1 N–H and O–H groups in total. The van der Waals surface area contributed by atoms with Crippen LogP contribution in [0.5, 0.6) is 0 Å². The third-order valence-corrected chi connectivity index (χ3v) is 2.64. The highest BCUT2D eigenvalue weighted by Crippen LogP contribution is 2.56. The number of carboxylic acids is 1. The van der Waals surface area contributed by atoms with Gasteiger partial charge in [-0.3, -0.25) is 9.47 Å². The van der Waals surface area contributed by atoms with E-state index in [9.17, 15) is 79.4 Å². The second kappa shape index (κ2) is 7.12. The predicted molar refractivity (Wildman–Crippen MR) is 50.5 cm³/mol. The van der Waals surface area contributed by atoms with Gasteiger partial charge < -0.3 is 5.11 Å². The molecular weight excluding hydrogens is 495 g/mol. The van der Waals surface area contributed by atoms with Gasteiger partial charge in [-0.25, -0.2) is 4.79 Å². The summed E-state index contributed by atoms with van der Waals surface area (Å²) < 4.78 is 216. The van der Waals surface area contributed by atoms with E-state index in [4.69, 9.17) is 5.11 Å². The van der Waals surface area contributed by atoms with Gasteiger partial charge in [0.2, 0.25) is 0 Å². The maximum Gasteiger partial charge on any atom is 0.458 e. The van der Waals surface area contributed by atoms with Crippen molar-refractivity contribution in [2.75, 3.05) is 0 Å². The van der Waals surface area contributed by atoms with Gasteiger partial charge in [-0.2, -0.15) is 74.6 Å². The largest absolute Gasteiger partial charge is 0.477 e. The Morgan fingerprint density at radius 3 is 1.00 bits per heavy atom. The van der Waals surface area contributed by atoms with Crippen molar-refractivity contribution in [2.24, 2.45) is 0 Å². The van der Waals surface area contributed by atoms with Gasteiger partial charge in [0.25, 0.3) is 0 Å². The molecule has 1 unspecified atom stereocenters. The normalized spacial score (nSPS) is 17.6. The van der Waals surface area contributed by atoms with Crippen molar-refractivity contribution < 1.29 is 94.0 Å². The van der Waals surface area contributed by atoms with E-state index < -0.39 is 54.3 Å². The molecule has 0 radical (unpaired) electrons. The van der Waals surface area contributed by atoms with E-state index in [0.717, 1.165) is 0 Å². The van der Waals surface area contributed by atoms with E-state index >= 15 is 0 Å². The lowest BCUT2D eigenvalue weighted by atomic mass is 10.2. The zero-order valence-corrected chi connectivity index (χ0v) is 12.6. The quantitative estimate of drug-likeness (QED) is 0.508. The molecule has 0 rings (SSSR count). The van der Waals surface area contributed by atoms with Crippen molar-refractivity contribution in [1.82, 2.24) is 0 Å². The topological polar surface area (TPSA) is 55.8 Å². The standard InChI is InChI=1S/C9HF17O4/c10-2(11,1(27)28)8(23,24)30-4(13,7(20,21)22)9(25,26)29-3(12,5(14,15)16)6(17,18)19/h(H,27,28). The molecule has 4 nitrogen and oxygen atoms in total. The molecule has 0 aromatic carbocycles. The molecule has 0 fully saturated rings. The van der Waals surface area contributed by atoms with Gasteiger partial charge in [0.1, 0.15) is 0 Å². The van der Waals surface area contributed by atoms with Crippen LogP contribution in [0.1, 0.15) is 0 Å². The second-order valence-electron chi connectivity index (χ2n) is 4.80. The Kier molecular flexibility index (Phi) is 6.70. The van der Waals surface area contributed by atoms with Crippen molar-refractivity contribution in [1.29, 1.82) is 0 Å². The van der Waals surface area contributed by atoms with Crippen molar-refractivity contribution >= 4 is 5.97 Å². The molecule has 0 spiro atoms. The lowest BCUT2D eigenvalue weighted by Crippen LogP contribution is -2.68. The zero-order valence-electron chi connectivity index (χ0n) is 12.6. The summed E-state index contributed by atoms with van der Waals surface area (Å²) in [6.45, 7) is 0. The molecule has 0 aliphatic carbocycles. The van der Waals surface area contributed by atoms with Gasteiger partial charge >= 0.3 is 54.3 Å². The number of alkyl halides is 17. The van der Waals surface area contributed by atoms with Gasteiger partial charge in [-0.1, -0.05) is 0 Å². The van der Waals surface area contributed by atoms with Crippen LogP contribution >= 0.6 is 0 Å². The first-order valence-corrected chi connectivity index (χ1v) is 5.96. The van der Waals surface area contributed by atoms with Crippen LogP contribution in [-0.2, 0) is 14.3 Å². The molecule has 21 heteroatoms. The minimum atomic E-state index is -8.14. The van der Waals surface area contributed by atoms with Crippen LogP contribution in [0.25, 0.3) is 0 Å². The van der Waals surface area contributed by atoms with Gasteiger partial charge in [-0.05, 0) is 0 Å². The van der Waals surface area contributed by atoms with Crippen molar-refractivity contribution in [3.05, 3.63) is 0 Å². The summed E-state index contributed by atoms with van der Waals surface area (Å²) in [5.41, 5.74) is 0. The first-order valence-electron chi connectivity index (χ1n) is 5.96. The minimum absolute atomic E-state index is 1.17. The van der Waals surface area contributed by atoms with Crippen molar-refractivity contribution in [3.8, 4) is 0 Å². The number of aliphatic carboxylic acids is 1. The lowest BCUT2D eigenvalue weighted by Gasteiger charge is -2.40. The predicted octanol–water partition coefficient (Wildman–Crippen LogP) is 4.94. The van der Waals surface area contributed by atoms with E-state index in [-0.39, 0.29) is 0 Å². The van der Waals surface area contributed by atoms with Crippen LogP contribution in [0, 0.1) is 0 Å². The van der Waals surface area contributed by atoms with Crippen LogP contribution < -0.4 is 0 Å². The SMILES string of the molecule is O=C(O)C(F)(F)C(F)(F)OC(F)(C(F)(F)F)C(F)(F)OC(F)(C(F)(F)F)C(F)(F)F. The van der Waals surface area contributed by atoms with Gasteiger partial charge in [-0.15, -0.1) is 0 Å². The fraction of sp³-hybridized carbons (Fsp3) is 0.889. The molecule has 0 aliphatic heterocycles. The van der Waals surface area contributed by atoms with Gasteiger partial charge in [0.15, 0.2) is 0 Å². The molecule has 0 saturated heterocycles. The first-order chi connectivity index (χ1) is 12.6. The molecule has 0 bridgehead atoms. The molecule has 30 heavy (non-hydrogen) atoms. The van der Waals surface area contributed by atoms with E-state index in [1.165, 1.54) is 9.47 Å². The van der Waals surface area contributed by atoms with Crippen LogP contribution in [0.2, 0.25) is 0 Å². The molecule has 0 heterocycles. The van der Waals surface area contributed by atoms with E-state index in [2.05, 4.69) is 0 Å². The monoisotopic (exact) mass is 496 g/mol. The lowest BCUT2D eigenvalue weighted by molar-refractivity contribution is -0.558. The Morgan fingerprint density at radius 1 is 0.500 bits per heavy atom. The average Bonchev–Trinajstić information content (AvgIpc) is 2.41. The number of hydrogen-bond donors (Lipinski definition) is 1. The van der Waals surface area contributed by atoms with Crippen molar-refractivity contribution in [3.63, 3.8) is 0 Å². The minimum Gasteiger partial charge on any atom is -0.477 e. The Labute approximate surface area is 150 Å². The van der Waals surface area contributed by atoms with Gasteiger partial charge in [0.05, 0.1) is 0 Å². The molecule has 0 amide bonds. The third kappa shape index (κ3) is 4.44. The Morgan fingerprint density at radius 2 is 0.767 bits per heavy atom. The van der Waals surface area contributed by atoms with Crippen LogP contribution in [-0.4, -0.2) is 59.5 Å². The van der Waals surface area contributed by atoms with Crippen LogP contribution in [0.3, 0.4) is 0 Å². The van der Waals surface area contributed by atoms with E-state index in [1.807, 2.05) is 0 Å². The number of hydrogen-bond acceptors (Lipinski definition) is 3. The number of halogens is 17. The molecule has 180 valence electrons. The van der Waals surface area contributed by atoms with Crippen LogP contribution in [0.15, 0.2) is 0 Å². The molecule has 0 aliphatic rings. The number of carboxylic acid groups (broad SMARTS) is 1. The third-order valence-electron chi connectivity index (χ3n) is 2.64. The molecule has 0 aromatic rings. The molecule has 0 aromatic heterocycles. The highest BCUT2D eigenvalue weighted by atomic mass is 19.4. The summed E-state index contributed by atoms with van der Waals surface area (Å²) >= 11 is 0. The smallest absolute Gasteiger partial charge is 0.458 e. The summed E-state index contributed by atoms with van der Waals surface area (Å²) in [6, 6.07) is 0. The highest BCUT2D eigenvalue weighted by molar-refractivity contribution is 5.76. The molecule has 1 atom stereocenters. The Balaban J connectivity index is 6.68. The molecular formula is C9HF17O4. The number of carbonyl (C=O) groups is 1. The van der Waals surface area contributed by atoms with Crippen LogP contribution in [0.4, 0.5) is 74.6 Å². The Bertz CT molecular complexity index is 631. The zero-order chi connectivity index (χ0) is 25.0. The summed E-state index contributed by atoms with van der Waals surface area (Å²) in [5, 5.41) is 7.69. The number of ether oxygens (including phenoxy) is 2. The summed E-state index contributed by atoms with van der Waals surface area (Å²) in [6.07, 6.45) is -39.1. The van der Waals surface area contributed by atoms with E-state index in [1.54, 1.807) is 0 Å². The van der Waals surface area contributed by atoms with E-state index in [0.29, 0.717) is 0 Å². The second-order valence-corrected chi connectivity index (χ2v) is 4.80. The summed E-state index contributed by atoms with van der Waals surface area (Å²) in [5.74, 6) is -27.2. The van der Waals surface area contributed by atoms with Gasteiger partial charge in [0, 0.05) is 0 Å². The number of rotatable bonds is 7. The summed E-state index contributed by atoms with van der Waals surface area (Å²) in [4.78, 5) is 9.85. The molecule has 0 saturated carbocycles. The first kappa shape index (κ1) is 28.2. The maximum atomic E-state index is 13.5. The average molecular weight is 496 g/mol. The maximum absolute atomic E-state index is 13.5. The fourth-order valence-corrected chi connectivity index (χ4v) is 1.17. The summed E-state index contributed by atoms with van der Waals surface area (Å²) in [7, 11) is 0. The highest BCUT2D eigenvalue weighted by Gasteiger charge is 2.86.